The molecule has 0 atom stereocenters. The molecule has 1 saturated carbocycles. The average Bonchev–Trinajstić information content (AvgIpc) is 3.02. The van der Waals surface area contributed by atoms with E-state index in [1.807, 2.05) is 6.07 Å². The molecule has 21 heavy (non-hydrogen) atoms. The highest BCUT2D eigenvalue weighted by molar-refractivity contribution is 7.94. The summed E-state index contributed by atoms with van der Waals surface area (Å²) in [6.07, 6.45) is 5.34. The summed E-state index contributed by atoms with van der Waals surface area (Å²) in [5, 5.41) is 5.86. The number of nitrogens with zero attached hydrogens (tertiary/aromatic N) is 4. The van der Waals surface area contributed by atoms with Crippen LogP contribution in [0.2, 0.25) is 0 Å². The molecule has 7 nitrogen and oxygen atoms in total. The summed E-state index contributed by atoms with van der Waals surface area (Å²) in [7, 11) is -3.65. The van der Waals surface area contributed by atoms with Crippen LogP contribution in [0.1, 0.15) is 24.3 Å². The van der Waals surface area contributed by atoms with Gasteiger partial charge in [-0.05, 0) is 41.8 Å². The number of hydrogen-bond acceptors (Lipinski definition) is 6. The van der Waals surface area contributed by atoms with Crippen LogP contribution in [0.5, 0.6) is 0 Å². The van der Waals surface area contributed by atoms with Gasteiger partial charge in [0.15, 0.2) is 0 Å². The molecule has 3 aromatic rings. The van der Waals surface area contributed by atoms with E-state index in [4.69, 9.17) is 0 Å². The first-order valence-electron chi connectivity index (χ1n) is 6.41. The van der Waals surface area contributed by atoms with Crippen molar-refractivity contribution in [3.05, 3.63) is 35.5 Å². The molecule has 1 fully saturated rings. The molecule has 3 aromatic heterocycles. The lowest BCUT2D eigenvalue weighted by Gasteiger charge is -2.04. The summed E-state index contributed by atoms with van der Waals surface area (Å²) in [5.41, 5.74) is 0.898. The molecule has 0 saturated heterocycles. The van der Waals surface area contributed by atoms with Crippen LogP contribution in [0.15, 0.2) is 34.1 Å². The van der Waals surface area contributed by atoms with Crippen LogP contribution in [0, 0.1) is 0 Å². The van der Waals surface area contributed by atoms with E-state index in [0.29, 0.717) is 15.9 Å². The quantitative estimate of drug-likeness (QED) is 0.792. The summed E-state index contributed by atoms with van der Waals surface area (Å²) >= 11 is 1.22. The van der Waals surface area contributed by atoms with Crippen LogP contribution in [0.4, 0.5) is 5.95 Å². The van der Waals surface area contributed by atoms with Gasteiger partial charge in [-0.25, -0.2) is 22.6 Å². The van der Waals surface area contributed by atoms with Gasteiger partial charge in [-0.1, -0.05) is 0 Å². The zero-order chi connectivity index (χ0) is 14.4. The molecule has 0 amide bonds. The first-order valence-corrected chi connectivity index (χ1v) is 8.77. The lowest BCUT2D eigenvalue weighted by atomic mass is 10.2. The van der Waals surface area contributed by atoms with Crippen LogP contribution in [-0.4, -0.2) is 28.0 Å². The molecule has 0 aliphatic heterocycles. The second-order valence-corrected chi connectivity index (χ2v) is 7.64. The van der Waals surface area contributed by atoms with Crippen molar-refractivity contribution >= 4 is 33.1 Å². The number of fused-ring (bicyclic) bond motifs is 1. The van der Waals surface area contributed by atoms with Crippen LogP contribution < -0.4 is 4.72 Å². The van der Waals surface area contributed by atoms with Gasteiger partial charge >= 0.3 is 0 Å². The molecule has 0 bridgehead atoms. The number of anilines is 1. The van der Waals surface area contributed by atoms with Crippen LogP contribution >= 0.6 is 11.3 Å². The number of sulfonamides is 1. The van der Waals surface area contributed by atoms with Gasteiger partial charge in [0.1, 0.15) is 4.21 Å². The zero-order valence-electron chi connectivity index (χ0n) is 10.8. The monoisotopic (exact) mass is 321 g/mol. The molecule has 108 valence electrons. The Hall–Kier alpha value is -2.00. The second kappa shape index (κ2) is 4.50. The van der Waals surface area contributed by atoms with E-state index in [1.54, 1.807) is 23.8 Å². The van der Waals surface area contributed by atoms with Crippen LogP contribution in [-0.2, 0) is 10.0 Å². The van der Waals surface area contributed by atoms with Gasteiger partial charge in [-0.3, -0.25) is 0 Å². The van der Waals surface area contributed by atoms with Crippen molar-refractivity contribution in [1.29, 1.82) is 0 Å². The third-order valence-electron chi connectivity index (χ3n) is 3.26. The largest absolute Gasteiger partial charge is 0.274 e. The highest BCUT2D eigenvalue weighted by Crippen LogP contribution is 2.44. The molecule has 3 heterocycles. The molecule has 9 heteroatoms. The molecule has 1 aliphatic carbocycles. The Morgan fingerprint density at radius 1 is 1.38 bits per heavy atom. The third-order valence-corrected chi connectivity index (χ3v) is 6.11. The predicted octanol–water partition coefficient (Wildman–Crippen LogP) is 1.86. The summed E-state index contributed by atoms with van der Waals surface area (Å²) in [4.78, 5) is 8.06. The van der Waals surface area contributed by atoms with E-state index < -0.39 is 10.0 Å². The minimum Gasteiger partial charge on any atom is -0.245 e. The third kappa shape index (κ3) is 2.28. The van der Waals surface area contributed by atoms with E-state index in [0.717, 1.165) is 18.4 Å². The van der Waals surface area contributed by atoms with Gasteiger partial charge in [-0.15, -0.1) is 16.4 Å². The minimum absolute atomic E-state index is 0.0313. The van der Waals surface area contributed by atoms with Crippen molar-refractivity contribution in [3.8, 4) is 0 Å². The topological polar surface area (TPSA) is 89.2 Å². The number of nitrogens with one attached hydrogen (secondary N) is 1. The van der Waals surface area contributed by atoms with Gasteiger partial charge in [0.2, 0.25) is 0 Å². The second-order valence-electron chi connectivity index (χ2n) is 4.84. The summed E-state index contributed by atoms with van der Waals surface area (Å²) in [6, 6.07) is 3.58. The van der Waals surface area contributed by atoms with Crippen molar-refractivity contribution in [2.24, 2.45) is 0 Å². The molecule has 0 radical (unpaired) electrons. The molecular formula is C12H11N5O2S2. The fourth-order valence-electron chi connectivity index (χ4n) is 2.16. The van der Waals surface area contributed by atoms with E-state index in [1.165, 1.54) is 15.9 Å². The summed E-state index contributed by atoms with van der Waals surface area (Å²) in [6.45, 7) is 0. The lowest BCUT2D eigenvalue weighted by molar-refractivity contribution is 0.602. The smallest absolute Gasteiger partial charge is 0.245 e. The van der Waals surface area contributed by atoms with E-state index in [9.17, 15) is 8.42 Å². The molecule has 0 spiro atoms. The average molecular weight is 321 g/mol. The maximum Gasteiger partial charge on any atom is 0.274 e. The van der Waals surface area contributed by atoms with Gasteiger partial charge in [0, 0.05) is 12.4 Å². The first kappa shape index (κ1) is 12.7. The number of hydrogen-bond donors (Lipinski definition) is 1. The van der Waals surface area contributed by atoms with E-state index >= 15 is 0 Å². The van der Waals surface area contributed by atoms with Crippen molar-refractivity contribution in [2.75, 3.05) is 4.72 Å². The molecule has 4 rings (SSSR count). The van der Waals surface area contributed by atoms with Gasteiger partial charge in [0.25, 0.3) is 21.7 Å². The normalized spacial score (nSPS) is 15.4. The van der Waals surface area contributed by atoms with Gasteiger partial charge < -0.3 is 0 Å². The predicted molar refractivity (Wildman–Crippen MR) is 77.9 cm³/mol. The Kier molecular flexibility index (Phi) is 2.73. The van der Waals surface area contributed by atoms with E-state index in [-0.39, 0.29) is 5.95 Å². The number of rotatable bonds is 4. The van der Waals surface area contributed by atoms with E-state index in [2.05, 4.69) is 19.8 Å². The van der Waals surface area contributed by atoms with Crippen LogP contribution in [0.25, 0.3) is 5.78 Å². The summed E-state index contributed by atoms with van der Waals surface area (Å²) in [5.74, 6) is 0.756. The highest BCUT2D eigenvalue weighted by atomic mass is 32.2. The Labute approximate surface area is 124 Å². The maximum absolute atomic E-state index is 12.5. The number of aromatic nitrogens is 4. The Bertz CT molecular complexity index is 878. The molecule has 0 aromatic carbocycles. The fraction of sp³-hybridized carbons (Fsp3) is 0.250. The highest BCUT2D eigenvalue weighted by Gasteiger charge is 2.32. The lowest BCUT2D eigenvalue weighted by Crippen LogP contribution is -2.14. The molecule has 1 aliphatic rings. The van der Waals surface area contributed by atoms with Crippen LogP contribution in [0.3, 0.4) is 0 Å². The van der Waals surface area contributed by atoms with Crippen molar-refractivity contribution in [2.45, 2.75) is 23.0 Å². The minimum atomic E-state index is -3.65. The standard InChI is InChI=1S/C12H11N5O2S2/c18-21(19,10-9(4-7-20-10)8-2-3-8)16-11-14-12-13-5-1-6-17(12)15-11/h1,4-8H,2-3H2,(H,15,16). The molecular weight excluding hydrogens is 310 g/mol. The zero-order valence-corrected chi connectivity index (χ0v) is 12.4. The Morgan fingerprint density at radius 3 is 3.00 bits per heavy atom. The summed E-state index contributed by atoms with van der Waals surface area (Å²) < 4.78 is 29.2. The van der Waals surface area contributed by atoms with Gasteiger partial charge in [0.05, 0.1) is 0 Å². The van der Waals surface area contributed by atoms with Crippen molar-refractivity contribution in [3.63, 3.8) is 0 Å². The maximum atomic E-state index is 12.5. The first-order chi connectivity index (χ1) is 10.1. The van der Waals surface area contributed by atoms with Crippen molar-refractivity contribution < 1.29 is 8.42 Å². The fourth-order valence-corrected chi connectivity index (χ4v) is 4.64. The Balaban J connectivity index is 1.70. The number of thiophene rings is 1. The Morgan fingerprint density at radius 2 is 2.24 bits per heavy atom. The SMILES string of the molecule is O=S(=O)(Nc1nc2ncccn2n1)c1sccc1C1CC1. The van der Waals surface area contributed by atoms with Gasteiger partial charge in [-0.2, -0.15) is 4.98 Å². The molecule has 1 N–H and O–H groups in total. The molecule has 0 unspecified atom stereocenters. The van der Waals surface area contributed by atoms with Crippen molar-refractivity contribution in [1.82, 2.24) is 19.6 Å².